The van der Waals surface area contributed by atoms with Gasteiger partial charge in [-0.05, 0) is 54.6 Å². The summed E-state index contributed by atoms with van der Waals surface area (Å²) in [4.78, 5) is 12.2. The van der Waals surface area contributed by atoms with Gasteiger partial charge in [-0.2, -0.15) is 0 Å². The number of benzene rings is 2. The summed E-state index contributed by atoms with van der Waals surface area (Å²) in [6.45, 7) is 4.43. The van der Waals surface area contributed by atoms with Crippen LogP contribution in [0.3, 0.4) is 0 Å². The fourth-order valence-electron chi connectivity index (χ4n) is 3.31. The van der Waals surface area contributed by atoms with E-state index in [9.17, 15) is 4.79 Å². The molecule has 0 saturated heterocycles. The topological polar surface area (TPSA) is 50.4 Å². The molecule has 3 rings (SSSR count). The Labute approximate surface area is 156 Å². The van der Waals surface area contributed by atoms with Gasteiger partial charge in [0, 0.05) is 19.0 Å². The average Bonchev–Trinajstić information content (AvgIpc) is 2.70. The first-order valence-corrected chi connectivity index (χ1v) is 9.56. The van der Waals surface area contributed by atoms with E-state index in [0.29, 0.717) is 13.0 Å². The highest BCUT2D eigenvalue weighted by atomic mass is 16.5. The maximum absolute atomic E-state index is 12.2. The number of ether oxygens (including phenoxy) is 1. The fourth-order valence-corrected chi connectivity index (χ4v) is 3.31. The van der Waals surface area contributed by atoms with Crippen LogP contribution in [-0.4, -0.2) is 25.6 Å². The van der Waals surface area contributed by atoms with Crippen molar-refractivity contribution in [2.75, 3.05) is 19.7 Å². The Bertz CT molecular complexity index is 712. The summed E-state index contributed by atoms with van der Waals surface area (Å²) in [5, 5.41) is 6.58. The first kappa shape index (κ1) is 18.5. The molecule has 2 N–H and O–H groups in total. The highest BCUT2D eigenvalue weighted by Gasteiger charge is 2.19. The van der Waals surface area contributed by atoms with Gasteiger partial charge in [0.15, 0.2) is 0 Å². The van der Waals surface area contributed by atoms with Crippen LogP contribution in [0.2, 0.25) is 0 Å². The van der Waals surface area contributed by atoms with E-state index in [-0.39, 0.29) is 11.9 Å². The Morgan fingerprint density at radius 1 is 1.19 bits per heavy atom. The molecule has 1 unspecified atom stereocenters. The van der Waals surface area contributed by atoms with E-state index in [1.165, 1.54) is 11.1 Å². The number of amides is 1. The third-order valence-electron chi connectivity index (χ3n) is 4.76. The van der Waals surface area contributed by atoms with Gasteiger partial charge in [-0.25, -0.2) is 0 Å². The normalized spacial score (nSPS) is 16.0. The van der Waals surface area contributed by atoms with Crippen LogP contribution in [0.25, 0.3) is 0 Å². The van der Waals surface area contributed by atoms with Crippen molar-refractivity contribution in [1.82, 2.24) is 10.6 Å². The molecule has 1 atom stereocenters. The summed E-state index contributed by atoms with van der Waals surface area (Å²) < 4.78 is 5.58. The molecule has 0 spiro atoms. The van der Waals surface area contributed by atoms with Crippen molar-refractivity contribution < 1.29 is 9.53 Å². The van der Waals surface area contributed by atoms with Gasteiger partial charge in [-0.1, -0.05) is 43.3 Å². The number of hydrogen-bond donors (Lipinski definition) is 2. The number of rotatable bonds is 8. The lowest BCUT2D eigenvalue weighted by molar-refractivity contribution is -0.121. The Balaban J connectivity index is 1.44. The number of carbonyl (C=O) groups is 1. The zero-order valence-corrected chi connectivity index (χ0v) is 15.5. The van der Waals surface area contributed by atoms with Crippen molar-refractivity contribution in [2.24, 2.45) is 0 Å². The fraction of sp³-hybridized carbons (Fsp3) is 0.409. The molecule has 1 heterocycles. The second-order valence-corrected chi connectivity index (χ2v) is 6.75. The standard InChI is InChI=1S/C22H28N2O2/c1-2-15-26-19-10-7-17(8-11-19)9-12-22(25)24-16-21-20-6-4-3-5-18(20)13-14-23-21/h3-8,10-11,21,23H,2,9,12-16H2,1H3,(H,24,25). The minimum absolute atomic E-state index is 0.0983. The van der Waals surface area contributed by atoms with Crippen LogP contribution in [0.5, 0.6) is 5.75 Å². The number of aryl methyl sites for hydroxylation is 1. The van der Waals surface area contributed by atoms with Crippen LogP contribution in [0, 0.1) is 0 Å². The molecule has 26 heavy (non-hydrogen) atoms. The van der Waals surface area contributed by atoms with Gasteiger partial charge in [0.25, 0.3) is 0 Å². The third kappa shape index (κ3) is 5.09. The Morgan fingerprint density at radius 2 is 2.00 bits per heavy atom. The smallest absolute Gasteiger partial charge is 0.220 e. The van der Waals surface area contributed by atoms with Gasteiger partial charge in [0.05, 0.1) is 6.61 Å². The number of hydrogen-bond acceptors (Lipinski definition) is 3. The minimum atomic E-state index is 0.0983. The molecule has 1 aliphatic heterocycles. The van der Waals surface area contributed by atoms with Crippen molar-refractivity contribution in [1.29, 1.82) is 0 Å². The molecule has 4 heteroatoms. The van der Waals surface area contributed by atoms with Crippen molar-refractivity contribution in [3.8, 4) is 5.75 Å². The molecule has 0 radical (unpaired) electrons. The Morgan fingerprint density at radius 3 is 2.81 bits per heavy atom. The first-order valence-electron chi connectivity index (χ1n) is 9.56. The van der Waals surface area contributed by atoms with Gasteiger partial charge in [0.1, 0.15) is 5.75 Å². The van der Waals surface area contributed by atoms with E-state index in [4.69, 9.17) is 4.74 Å². The highest BCUT2D eigenvalue weighted by molar-refractivity contribution is 5.76. The zero-order chi connectivity index (χ0) is 18.2. The molecule has 0 aromatic heterocycles. The molecule has 0 fully saturated rings. The molecular weight excluding hydrogens is 324 g/mol. The summed E-state index contributed by atoms with van der Waals surface area (Å²) in [5.41, 5.74) is 3.85. The Hall–Kier alpha value is -2.33. The van der Waals surface area contributed by atoms with E-state index in [1.807, 2.05) is 24.3 Å². The van der Waals surface area contributed by atoms with Gasteiger partial charge < -0.3 is 15.4 Å². The van der Waals surface area contributed by atoms with Crippen molar-refractivity contribution in [3.05, 3.63) is 65.2 Å². The monoisotopic (exact) mass is 352 g/mol. The third-order valence-corrected chi connectivity index (χ3v) is 4.76. The summed E-state index contributed by atoms with van der Waals surface area (Å²) in [5.74, 6) is 0.989. The quantitative estimate of drug-likeness (QED) is 0.765. The predicted molar refractivity (Wildman–Crippen MR) is 104 cm³/mol. The van der Waals surface area contributed by atoms with E-state index < -0.39 is 0 Å². The lowest BCUT2D eigenvalue weighted by Crippen LogP contribution is -2.38. The van der Waals surface area contributed by atoms with Gasteiger partial charge >= 0.3 is 0 Å². The van der Waals surface area contributed by atoms with Crippen LogP contribution < -0.4 is 15.4 Å². The molecule has 1 aliphatic rings. The van der Waals surface area contributed by atoms with Crippen molar-refractivity contribution in [3.63, 3.8) is 0 Å². The first-order chi connectivity index (χ1) is 12.8. The molecule has 2 aromatic rings. The molecule has 0 aliphatic carbocycles. The molecule has 1 amide bonds. The lowest BCUT2D eigenvalue weighted by Gasteiger charge is -2.27. The van der Waals surface area contributed by atoms with Gasteiger partial charge in [0.2, 0.25) is 5.91 Å². The zero-order valence-electron chi connectivity index (χ0n) is 15.5. The van der Waals surface area contributed by atoms with Crippen molar-refractivity contribution >= 4 is 5.91 Å². The van der Waals surface area contributed by atoms with E-state index >= 15 is 0 Å². The lowest BCUT2D eigenvalue weighted by atomic mass is 9.94. The molecule has 2 aromatic carbocycles. The molecular formula is C22H28N2O2. The molecule has 0 saturated carbocycles. The predicted octanol–water partition coefficient (Wildman–Crippen LogP) is 3.41. The van der Waals surface area contributed by atoms with Crippen molar-refractivity contribution in [2.45, 2.75) is 38.6 Å². The number of fused-ring (bicyclic) bond motifs is 1. The van der Waals surface area contributed by atoms with Crippen LogP contribution in [0.15, 0.2) is 48.5 Å². The number of nitrogens with one attached hydrogen (secondary N) is 2. The van der Waals surface area contributed by atoms with Crippen LogP contribution >= 0.6 is 0 Å². The van der Waals surface area contributed by atoms with Crippen LogP contribution in [0.4, 0.5) is 0 Å². The van der Waals surface area contributed by atoms with E-state index in [2.05, 4.69) is 41.8 Å². The van der Waals surface area contributed by atoms with Gasteiger partial charge in [-0.15, -0.1) is 0 Å². The van der Waals surface area contributed by atoms with E-state index in [0.717, 1.165) is 43.7 Å². The maximum atomic E-state index is 12.2. The second-order valence-electron chi connectivity index (χ2n) is 6.75. The van der Waals surface area contributed by atoms with Gasteiger partial charge in [-0.3, -0.25) is 4.79 Å². The molecule has 4 nitrogen and oxygen atoms in total. The SMILES string of the molecule is CCCOc1ccc(CCC(=O)NCC2NCCc3ccccc32)cc1. The van der Waals surface area contributed by atoms with E-state index in [1.54, 1.807) is 0 Å². The Kier molecular flexibility index (Phi) is 6.67. The highest BCUT2D eigenvalue weighted by Crippen LogP contribution is 2.21. The van der Waals surface area contributed by atoms with Crippen LogP contribution in [0.1, 0.15) is 42.5 Å². The minimum Gasteiger partial charge on any atom is -0.494 e. The maximum Gasteiger partial charge on any atom is 0.220 e. The molecule has 138 valence electrons. The van der Waals surface area contributed by atoms with Crippen LogP contribution in [-0.2, 0) is 17.6 Å². The molecule has 0 bridgehead atoms. The summed E-state index contributed by atoms with van der Waals surface area (Å²) in [6, 6.07) is 16.7. The average molecular weight is 352 g/mol. The largest absolute Gasteiger partial charge is 0.494 e. The number of carbonyl (C=O) groups excluding carboxylic acids is 1. The summed E-state index contributed by atoms with van der Waals surface area (Å²) >= 11 is 0. The summed E-state index contributed by atoms with van der Waals surface area (Å²) in [7, 11) is 0. The summed E-state index contributed by atoms with van der Waals surface area (Å²) in [6.07, 6.45) is 3.30. The second kappa shape index (κ2) is 9.39.